The summed E-state index contributed by atoms with van der Waals surface area (Å²) >= 11 is 0. The van der Waals surface area contributed by atoms with Crippen molar-refractivity contribution in [3.63, 3.8) is 0 Å². The van der Waals surface area contributed by atoms with E-state index in [1.165, 1.54) is 6.07 Å². The Bertz CT molecular complexity index is 488. The second-order valence-corrected chi connectivity index (χ2v) is 4.80. The first-order valence-electron chi connectivity index (χ1n) is 6.87. The molecule has 0 aromatic carbocycles. The van der Waals surface area contributed by atoms with Crippen LogP contribution in [0.2, 0.25) is 0 Å². The van der Waals surface area contributed by atoms with Crippen LogP contribution in [0.3, 0.4) is 0 Å². The number of carboxylic acid groups (broad SMARTS) is 1. The number of rotatable bonds is 5. The van der Waals surface area contributed by atoms with Gasteiger partial charge in [-0.05, 0) is 19.3 Å². The maximum atomic E-state index is 11.9. The minimum absolute atomic E-state index is 0.0345. The summed E-state index contributed by atoms with van der Waals surface area (Å²) in [5.41, 5.74) is 0.0477. The van der Waals surface area contributed by atoms with Gasteiger partial charge in [0.1, 0.15) is 11.3 Å². The van der Waals surface area contributed by atoms with Crippen molar-refractivity contribution in [1.82, 2.24) is 5.32 Å². The molecular weight excluding hydrogens is 262 g/mol. The summed E-state index contributed by atoms with van der Waals surface area (Å²) in [4.78, 5) is 22.9. The van der Waals surface area contributed by atoms with Crippen molar-refractivity contribution in [3.05, 3.63) is 23.2 Å². The van der Waals surface area contributed by atoms with E-state index in [0.29, 0.717) is 18.7 Å². The molecule has 6 heteroatoms. The predicted molar refractivity (Wildman–Crippen MR) is 71.0 cm³/mol. The van der Waals surface area contributed by atoms with Gasteiger partial charge in [-0.15, -0.1) is 0 Å². The van der Waals surface area contributed by atoms with Gasteiger partial charge >= 0.3 is 5.97 Å². The molecule has 1 aromatic heterocycles. The first kappa shape index (κ1) is 14.6. The standard InChI is InChI=1S/C14H19NO5/c1-2-11-10(14(17)18)7-12(20-11)13(16)15-8-9-5-3-4-6-19-9/h7,9H,2-6,8H2,1H3,(H,15,16)(H,17,18). The van der Waals surface area contributed by atoms with E-state index in [0.717, 1.165) is 25.9 Å². The van der Waals surface area contributed by atoms with Crippen molar-refractivity contribution in [2.45, 2.75) is 38.7 Å². The molecule has 0 spiro atoms. The highest BCUT2D eigenvalue weighted by atomic mass is 16.5. The summed E-state index contributed by atoms with van der Waals surface area (Å²) in [6.07, 6.45) is 3.56. The smallest absolute Gasteiger partial charge is 0.339 e. The second-order valence-electron chi connectivity index (χ2n) is 4.80. The summed E-state index contributed by atoms with van der Waals surface area (Å²) in [5, 5.41) is 11.7. The molecule has 1 saturated heterocycles. The van der Waals surface area contributed by atoms with Gasteiger partial charge in [0.15, 0.2) is 5.76 Å². The van der Waals surface area contributed by atoms with Crippen molar-refractivity contribution in [1.29, 1.82) is 0 Å². The SMILES string of the molecule is CCc1oc(C(=O)NCC2CCCCO2)cc1C(=O)O. The largest absolute Gasteiger partial charge is 0.478 e. The Morgan fingerprint density at radius 2 is 2.25 bits per heavy atom. The Morgan fingerprint density at radius 3 is 2.80 bits per heavy atom. The number of furan rings is 1. The fraction of sp³-hybridized carbons (Fsp3) is 0.571. The molecule has 1 aliphatic rings. The summed E-state index contributed by atoms with van der Waals surface area (Å²) in [5.74, 6) is -1.13. The molecule has 1 fully saturated rings. The molecule has 2 rings (SSSR count). The summed E-state index contributed by atoms with van der Waals surface area (Å²) < 4.78 is 10.8. The Balaban J connectivity index is 1.96. The Kier molecular flexibility index (Phi) is 4.79. The number of nitrogens with one attached hydrogen (secondary N) is 1. The highest BCUT2D eigenvalue weighted by molar-refractivity contribution is 5.96. The van der Waals surface area contributed by atoms with Gasteiger partial charge in [-0.3, -0.25) is 4.79 Å². The maximum absolute atomic E-state index is 11.9. The molecule has 0 saturated carbocycles. The number of carboxylic acids is 1. The van der Waals surface area contributed by atoms with Crippen LogP contribution < -0.4 is 5.32 Å². The normalized spacial score (nSPS) is 18.8. The van der Waals surface area contributed by atoms with E-state index >= 15 is 0 Å². The fourth-order valence-corrected chi connectivity index (χ4v) is 2.25. The summed E-state index contributed by atoms with van der Waals surface area (Å²) in [7, 11) is 0. The van der Waals surface area contributed by atoms with Gasteiger partial charge in [0.2, 0.25) is 0 Å². The summed E-state index contributed by atoms with van der Waals surface area (Å²) in [6.45, 7) is 2.93. The molecule has 0 bridgehead atoms. The van der Waals surface area contributed by atoms with Crippen LogP contribution in [-0.2, 0) is 11.2 Å². The number of aryl methyl sites for hydroxylation is 1. The van der Waals surface area contributed by atoms with Gasteiger partial charge < -0.3 is 19.6 Å². The van der Waals surface area contributed by atoms with Crippen molar-refractivity contribution in [2.24, 2.45) is 0 Å². The zero-order valence-corrected chi connectivity index (χ0v) is 11.5. The van der Waals surface area contributed by atoms with Crippen LogP contribution in [0.4, 0.5) is 0 Å². The van der Waals surface area contributed by atoms with Gasteiger partial charge in [-0.1, -0.05) is 6.92 Å². The molecule has 110 valence electrons. The number of ether oxygens (including phenoxy) is 1. The molecule has 0 radical (unpaired) electrons. The number of carbonyl (C=O) groups excluding carboxylic acids is 1. The van der Waals surface area contributed by atoms with Crippen LogP contribution in [0.15, 0.2) is 10.5 Å². The topological polar surface area (TPSA) is 88.8 Å². The molecule has 1 aliphatic heterocycles. The average molecular weight is 281 g/mol. The minimum atomic E-state index is -1.08. The quantitative estimate of drug-likeness (QED) is 0.859. The molecule has 1 unspecified atom stereocenters. The maximum Gasteiger partial charge on any atom is 0.339 e. The summed E-state index contributed by atoms with van der Waals surface area (Å²) in [6, 6.07) is 1.28. The molecule has 2 heterocycles. The Labute approximate surface area is 117 Å². The van der Waals surface area contributed by atoms with E-state index < -0.39 is 11.9 Å². The lowest BCUT2D eigenvalue weighted by Gasteiger charge is -2.22. The third-order valence-electron chi connectivity index (χ3n) is 3.35. The fourth-order valence-electron chi connectivity index (χ4n) is 2.25. The monoisotopic (exact) mass is 281 g/mol. The third kappa shape index (κ3) is 3.39. The number of carbonyl (C=O) groups is 2. The molecule has 1 aromatic rings. The zero-order valence-electron chi connectivity index (χ0n) is 11.5. The van der Waals surface area contributed by atoms with Crippen molar-refractivity contribution < 1.29 is 23.8 Å². The van der Waals surface area contributed by atoms with Gasteiger partial charge in [0.05, 0.1) is 6.10 Å². The van der Waals surface area contributed by atoms with E-state index in [1.54, 1.807) is 6.92 Å². The van der Waals surface area contributed by atoms with E-state index in [4.69, 9.17) is 14.3 Å². The van der Waals surface area contributed by atoms with E-state index in [2.05, 4.69) is 5.32 Å². The third-order valence-corrected chi connectivity index (χ3v) is 3.35. The average Bonchev–Trinajstić information content (AvgIpc) is 2.90. The molecule has 20 heavy (non-hydrogen) atoms. The van der Waals surface area contributed by atoms with Gasteiger partial charge in [-0.2, -0.15) is 0 Å². The number of aromatic carboxylic acids is 1. The lowest BCUT2D eigenvalue weighted by Crippen LogP contribution is -2.35. The lowest BCUT2D eigenvalue weighted by molar-refractivity contribution is 0.0167. The predicted octanol–water partition coefficient (Wildman–Crippen LogP) is 1.84. The van der Waals surface area contributed by atoms with Gasteiger partial charge in [0.25, 0.3) is 5.91 Å². The molecule has 1 amide bonds. The number of hydrogen-bond donors (Lipinski definition) is 2. The number of hydrogen-bond acceptors (Lipinski definition) is 4. The molecule has 6 nitrogen and oxygen atoms in total. The van der Waals surface area contributed by atoms with Crippen molar-refractivity contribution >= 4 is 11.9 Å². The van der Waals surface area contributed by atoms with Crippen molar-refractivity contribution in [2.75, 3.05) is 13.2 Å². The lowest BCUT2D eigenvalue weighted by atomic mass is 10.1. The van der Waals surface area contributed by atoms with Crippen molar-refractivity contribution in [3.8, 4) is 0 Å². The van der Waals surface area contributed by atoms with Crippen LogP contribution in [0.1, 0.15) is 52.9 Å². The first-order chi connectivity index (χ1) is 9.61. The highest BCUT2D eigenvalue weighted by Gasteiger charge is 2.21. The van der Waals surface area contributed by atoms with Crippen LogP contribution in [-0.4, -0.2) is 36.2 Å². The van der Waals surface area contributed by atoms with E-state index in [9.17, 15) is 9.59 Å². The van der Waals surface area contributed by atoms with E-state index in [1.807, 2.05) is 0 Å². The van der Waals surface area contributed by atoms with Crippen LogP contribution in [0, 0.1) is 0 Å². The first-order valence-corrected chi connectivity index (χ1v) is 6.87. The highest BCUT2D eigenvalue weighted by Crippen LogP contribution is 2.17. The zero-order chi connectivity index (χ0) is 14.5. The minimum Gasteiger partial charge on any atom is -0.478 e. The Hall–Kier alpha value is -1.82. The van der Waals surface area contributed by atoms with Gasteiger partial charge in [0, 0.05) is 25.6 Å². The van der Waals surface area contributed by atoms with Crippen LogP contribution >= 0.6 is 0 Å². The Morgan fingerprint density at radius 1 is 1.45 bits per heavy atom. The second kappa shape index (κ2) is 6.56. The van der Waals surface area contributed by atoms with Gasteiger partial charge in [-0.25, -0.2) is 4.79 Å². The molecule has 0 aliphatic carbocycles. The molecule has 2 N–H and O–H groups in total. The number of amides is 1. The van der Waals surface area contributed by atoms with E-state index in [-0.39, 0.29) is 17.4 Å². The van der Waals surface area contributed by atoms with Crippen LogP contribution in [0.5, 0.6) is 0 Å². The van der Waals surface area contributed by atoms with Crippen LogP contribution in [0.25, 0.3) is 0 Å². The molecule has 1 atom stereocenters. The molecular formula is C14H19NO5.